The van der Waals surface area contributed by atoms with Crippen molar-refractivity contribution in [3.05, 3.63) is 83.9 Å². The molecule has 2 amide bonds. The Morgan fingerprint density at radius 3 is 2.26 bits per heavy atom. The molecule has 0 aliphatic rings. The van der Waals surface area contributed by atoms with Gasteiger partial charge in [0.2, 0.25) is 5.91 Å². The lowest BCUT2D eigenvalue weighted by molar-refractivity contribution is -0.116. The number of rotatable bonds is 7. The molecule has 0 saturated carbocycles. The lowest BCUT2D eigenvalue weighted by Crippen LogP contribution is -2.31. The number of anilines is 3. The summed E-state index contributed by atoms with van der Waals surface area (Å²) in [5.41, 5.74) is 1.39. The smallest absolute Gasteiger partial charge is 0.255 e. The fraction of sp³-hybridized carbons (Fsp3) is 0.130. The van der Waals surface area contributed by atoms with E-state index in [0.29, 0.717) is 22.8 Å². The molecule has 1 unspecified atom stereocenters. The zero-order chi connectivity index (χ0) is 22.4. The number of carbonyl (C=O) groups excluding carboxylic acids is 2. The van der Waals surface area contributed by atoms with Crippen LogP contribution < -0.4 is 20.7 Å². The predicted octanol–water partition coefficient (Wildman–Crippen LogP) is 4.66. The van der Waals surface area contributed by atoms with Crippen LogP contribution in [0.1, 0.15) is 17.3 Å². The monoisotopic (exact) mass is 425 g/mol. The summed E-state index contributed by atoms with van der Waals surface area (Å²) in [5.74, 6) is -1.45. The van der Waals surface area contributed by atoms with Gasteiger partial charge in [-0.25, -0.2) is 8.78 Å². The van der Waals surface area contributed by atoms with Gasteiger partial charge < -0.3 is 20.7 Å². The third-order valence-electron chi connectivity index (χ3n) is 4.40. The minimum absolute atomic E-state index is 0.156. The fourth-order valence-electron chi connectivity index (χ4n) is 2.85. The molecule has 3 rings (SSSR count). The standard InChI is InChI=1S/C23H21F2N3O3/c1-14(22(29)27-18-8-4-7-17(25)12-18)26-19-9-10-21(31-2)20(13-19)28-23(30)15-5-3-6-16(24)11-15/h3-14,26H,1-2H3,(H,27,29)(H,28,30). The zero-order valence-corrected chi connectivity index (χ0v) is 16.9. The van der Waals surface area contributed by atoms with Crippen LogP contribution in [-0.4, -0.2) is 25.0 Å². The number of amides is 2. The van der Waals surface area contributed by atoms with Crippen LogP contribution in [0.2, 0.25) is 0 Å². The first-order valence-corrected chi connectivity index (χ1v) is 9.43. The molecular formula is C23H21F2N3O3. The number of halogens is 2. The summed E-state index contributed by atoms with van der Waals surface area (Å²) in [6, 6.07) is 15.1. The van der Waals surface area contributed by atoms with Gasteiger partial charge in [-0.1, -0.05) is 12.1 Å². The second kappa shape index (κ2) is 9.71. The molecule has 0 radical (unpaired) electrons. The molecule has 31 heavy (non-hydrogen) atoms. The maximum absolute atomic E-state index is 13.4. The molecule has 0 aromatic heterocycles. The van der Waals surface area contributed by atoms with Crippen molar-refractivity contribution in [1.29, 1.82) is 0 Å². The van der Waals surface area contributed by atoms with Crippen molar-refractivity contribution in [3.63, 3.8) is 0 Å². The van der Waals surface area contributed by atoms with Crippen LogP contribution in [0.15, 0.2) is 66.7 Å². The Labute approximate surface area is 178 Å². The number of ether oxygens (including phenoxy) is 1. The van der Waals surface area contributed by atoms with Crippen LogP contribution >= 0.6 is 0 Å². The first-order valence-electron chi connectivity index (χ1n) is 9.43. The van der Waals surface area contributed by atoms with Gasteiger partial charge in [0.05, 0.1) is 12.8 Å². The number of hydrogen-bond donors (Lipinski definition) is 3. The number of hydrogen-bond acceptors (Lipinski definition) is 4. The SMILES string of the molecule is COc1ccc(NC(C)C(=O)Nc2cccc(F)c2)cc1NC(=O)c1cccc(F)c1. The molecular weight excluding hydrogens is 404 g/mol. The maximum atomic E-state index is 13.4. The van der Waals surface area contributed by atoms with E-state index >= 15 is 0 Å². The summed E-state index contributed by atoms with van der Waals surface area (Å²) < 4.78 is 32.0. The van der Waals surface area contributed by atoms with Gasteiger partial charge in [0.15, 0.2) is 0 Å². The van der Waals surface area contributed by atoms with E-state index in [2.05, 4.69) is 16.0 Å². The van der Waals surface area contributed by atoms with Crippen LogP contribution in [0, 0.1) is 11.6 Å². The summed E-state index contributed by atoms with van der Waals surface area (Å²) in [4.78, 5) is 24.9. The highest BCUT2D eigenvalue weighted by atomic mass is 19.1. The topological polar surface area (TPSA) is 79.5 Å². The predicted molar refractivity (Wildman–Crippen MR) is 115 cm³/mol. The Kier molecular flexibility index (Phi) is 6.81. The second-order valence-corrected chi connectivity index (χ2v) is 6.75. The molecule has 3 aromatic carbocycles. The number of carbonyl (C=O) groups is 2. The van der Waals surface area contributed by atoms with Crippen molar-refractivity contribution in [3.8, 4) is 5.75 Å². The van der Waals surface area contributed by atoms with Gasteiger partial charge in [-0.15, -0.1) is 0 Å². The Balaban J connectivity index is 1.72. The molecule has 0 saturated heterocycles. The average molecular weight is 425 g/mol. The van der Waals surface area contributed by atoms with Crippen LogP contribution in [0.4, 0.5) is 25.8 Å². The van der Waals surface area contributed by atoms with Gasteiger partial charge >= 0.3 is 0 Å². The largest absolute Gasteiger partial charge is 0.495 e. The summed E-state index contributed by atoms with van der Waals surface area (Å²) in [6.45, 7) is 1.64. The quantitative estimate of drug-likeness (QED) is 0.514. The molecule has 0 fully saturated rings. The lowest BCUT2D eigenvalue weighted by Gasteiger charge is -2.17. The van der Waals surface area contributed by atoms with E-state index in [9.17, 15) is 18.4 Å². The highest BCUT2D eigenvalue weighted by molar-refractivity contribution is 6.05. The van der Waals surface area contributed by atoms with E-state index in [4.69, 9.17) is 4.74 Å². The van der Waals surface area contributed by atoms with Crippen molar-refractivity contribution in [1.82, 2.24) is 0 Å². The van der Waals surface area contributed by atoms with Gasteiger partial charge in [-0.2, -0.15) is 0 Å². The highest BCUT2D eigenvalue weighted by Gasteiger charge is 2.16. The third-order valence-corrected chi connectivity index (χ3v) is 4.40. The van der Waals surface area contributed by atoms with E-state index in [-0.39, 0.29) is 11.5 Å². The Bertz CT molecular complexity index is 1100. The first kappa shape index (κ1) is 21.8. The van der Waals surface area contributed by atoms with E-state index < -0.39 is 23.6 Å². The van der Waals surface area contributed by atoms with Crippen molar-refractivity contribution >= 4 is 28.9 Å². The van der Waals surface area contributed by atoms with Crippen LogP contribution in [0.3, 0.4) is 0 Å². The number of nitrogens with one attached hydrogen (secondary N) is 3. The zero-order valence-electron chi connectivity index (χ0n) is 16.9. The van der Waals surface area contributed by atoms with Gasteiger partial charge in [0.1, 0.15) is 23.4 Å². The Morgan fingerprint density at radius 1 is 0.871 bits per heavy atom. The highest BCUT2D eigenvalue weighted by Crippen LogP contribution is 2.29. The van der Waals surface area contributed by atoms with E-state index in [0.717, 1.165) is 6.07 Å². The van der Waals surface area contributed by atoms with E-state index in [1.165, 1.54) is 43.5 Å². The molecule has 0 aliphatic heterocycles. The molecule has 1 atom stereocenters. The van der Waals surface area contributed by atoms with Crippen LogP contribution in [-0.2, 0) is 4.79 Å². The summed E-state index contributed by atoms with van der Waals surface area (Å²) in [6.07, 6.45) is 0. The Morgan fingerprint density at radius 2 is 1.58 bits per heavy atom. The summed E-state index contributed by atoms with van der Waals surface area (Å²) in [5, 5.41) is 8.33. The number of methoxy groups -OCH3 is 1. The van der Waals surface area contributed by atoms with E-state index in [1.54, 1.807) is 31.2 Å². The minimum Gasteiger partial charge on any atom is -0.495 e. The average Bonchev–Trinajstić information content (AvgIpc) is 2.74. The molecule has 160 valence electrons. The Hall–Kier alpha value is -3.94. The van der Waals surface area contributed by atoms with Crippen molar-refractivity contribution < 1.29 is 23.1 Å². The molecule has 8 heteroatoms. The van der Waals surface area contributed by atoms with E-state index in [1.807, 2.05) is 0 Å². The van der Waals surface area contributed by atoms with Gasteiger partial charge in [-0.3, -0.25) is 9.59 Å². The van der Waals surface area contributed by atoms with Crippen molar-refractivity contribution in [2.24, 2.45) is 0 Å². The van der Waals surface area contributed by atoms with Gasteiger partial charge in [0.25, 0.3) is 5.91 Å². The molecule has 0 bridgehead atoms. The molecule has 0 aliphatic carbocycles. The van der Waals surface area contributed by atoms with Crippen molar-refractivity contribution in [2.45, 2.75) is 13.0 Å². The summed E-state index contributed by atoms with van der Waals surface area (Å²) in [7, 11) is 1.45. The lowest BCUT2D eigenvalue weighted by atomic mass is 10.2. The maximum Gasteiger partial charge on any atom is 0.255 e. The second-order valence-electron chi connectivity index (χ2n) is 6.75. The van der Waals surface area contributed by atoms with Crippen LogP contribution in [0.5, 0.6) is 5.75 Å². The normalized spacial score (nSPS) is 11.4. The minimum atomic E-state index is -0.663. The summed E-state index contributed by atoms with van der Waals surface area (Å²) >= 11 is 0. The van der Waals surface area contributed by atoms with Crippen molar-refractivity contribution in [2.75, 3.05) is 23.1 Å². The fourth-order valence-corrected chi connectivity index (χ4v) is 2.85. The third kappa shape index (κ3) is 5.79. The molecule has 6 nitrogen and oxygen atoms in total. The molecule has 3 aromatic rings. The first-order chi connectivity index (χ1) is 14.9. The van der Waals surface area contributed by atoms with Gasteiger partial charge in [0, 0.05) is 16.9 Å². The van der Waals surface area contributed by atoms with Crippen LogP contribution in [0.25, 0.3) is 0 Å². The number of benzene rings is 3. The molecule has 0 heterocycles. The van der Waals surface area contributed by atoms with Gasteiger partial charge in [-0.05, 0) is 61.5 Å². The molecule has 3 N–H and O–H groups in total. The molecule has 0 spiro atoms.